The highest BCUT2D eigenvalue weighted by atomic mass is 32.2. The lowest BCUT2D eigenvalue weighted by molar-refractivity contribution is -0.141. The lowest BCUT2D eigenvalue weighted by Gasteiger charge is -2.09. The van der Waals surface area contributed by atoms with Gasteiger partial charge in [0.1, 0.15) is 17.2 Å². The molecule has 0 saturated heterocycles. The molecule has 1 aromatic rings. The van der Waals surface area contributed by atoms with Crippen molar-refractivity contribution in [2.24, 2.45) is 0 Å². The Kier molecular flexibility index (Phi) is 3.70. The smallest absolute Gasteiger partial charge is 0.433 e. The van der Waals surface area contributed by atoms with Crippen LogP contribution in [0.3, 0.4) is 0 Å². The second-order valence-electron chi connectivity index (χ2n) is 2.66. The molecular weight excluding hydrogens is 249 g/mol. The largest absolute Gasteiger partial charge is 0.772 e. The summed E-state index contributed by atoms with van der Waals surface area (Å²) in [7, 11) is 0. The van der Waals surface area contributed by atoms with Crippen molar-refractivity contribution < 1.29 is 26.7 Å². The molecule has 0 aromatic carbocycles. The van der Waals surface area contributed by atoms with Gasteiger partial charge in [-0.1, -0.05) is 0 Å². The van der Waals surface area contributed by atoms with Crippen LogP contribution in [0.5, 0.6) is 0 Å². The van der Waals surface area contributed by atoms with Crippen LogP contribution in [-0.4, -0.2) is 25.0 Å². The molecule has 88 valence electrons. The van der Waals surface area contributed by atoms with Gasteiger partial charge in [-0.15, -0.1) is 0 Å². The average molecular weight is 253 g/mol. The summed E-state index contributed by atoms with van der Waals surface area (Å²) in [5.74, 6) is -1.34. The minimum absolute atomic E-state index is 0.0914. The van der Waals surface area contributed by atoms with Crippen LogP contribution in [-0.2, 0) is 23.0 Å². The van der Waals surface area contributed by atoms with E-state index >= 15 is 0 Å². The van der Waals surface area contributed by atoms with Crippen molar-refractivity contribution in [2.75, 3.05) is 0 Å². The summed E-state index contributed by atoms with van der Waals surface area (Å²) >= 11 is -2.62. The molecule has 9 heteroatoms. The molecule has 1 heterocycles. The molecule has 1 aromatic heterocycles. The number of carbonyl (C=O) groups excluding carboxylic acids is 1. The van der Waals surface area contributed by atoms with E-state index in [9.17, 15) is 26.7 Å². The van der Waals surface area contributed by atoms with Crippen LogP contribution < -0.4 is 0 Å². The molecule has 1 rings (SSSR count). The summed E-state index contributed by atoms with van der Waals surface area (Å²) in [6, 6.07) is 0.449. The van der Waals surface area contributed by atoms with Gasteiger partial charge in [0, 0.05) is 0 Å². The van der Waals surface area contributed by atoms with Crippen LogP contribution in [0.15, 0.2) is 6.07 Å². The Bertz CT molecular complexity index is 435. The third-order valence-corrected chi connectivity index (χ3v) is 1.94. The highest BCUT2D eigenvalue weighted by Crippen LogP contribution is 2.27. The van der Waals surface area contributed by atoms with Gasteiger partial charge < -0.3 is 4.55 Å². The van der Waals surface area contributed by atoms with E-state index in [1.54, 1.807) is 0 Å². The van der Waals surface area contributed by atoms with Crippen molar-refractivity contribution in [3.05, 3.63) is 23.3 Å². The SMILES string of the molecule is O=Cc1cc(C(F)(F)F)nc(CS(=O)[O-])n1. The fraction of sp³-hybridized carbons (Fsp3) is 0.286. The van der Waals surface area contributed by atoms with Crippen molar-refractivity contribution in [1.82, 2.24) is 9.97 Å². The molecule has 0 aliphatic carbocycles. The topological polar surface area (TPSA) is 83.0 Å². The number of alkyl halides is 3. The van der Waals surface area contributed by atoms with Crippen molar-refractivity contribution in [1.29, 1.82) is 0 Å². The van der Waals surface area contributed by atoms with E-state index in [0.717, 1.165) is 0 Å². The molecule has 5 nitrogen and oxygen atoms in total. The van der Waals surface area contributed by atoms with Gasteiger partial charge in [0.2, 0.25) is 0 Å². The van der Waals surface area contributed by atoms with E-state index < -0.39 is 40.2 Å². The Labute approximate surface area is 90.0 Å². The Morgan fingerprint density at radius 1 is 1.44 bits per heavy atom. The number of rotatable bonds is 3. The third-order valence-electron chi connectivity index (χ3n) is 1.45. The molecule has 0 spiro atoms. The number of carbonyl (C=O) groups is 1. The molecule has 0 bridgehead atoms. The maximum Gasteiger partial charge on any atom is 0.433 e. The van der Waals surface area contributed by atoms with E-state index in [0.29, 0.717) is 6.07 Å². The van der Waals surface area contributed by atoms with Gasteiger partial charge in [0.25, 0.3) is 0 Å². The molecular formula is C7H4F3N2O3S-. The summed E-state index contributed by atoms with van der Waals surface area (Å²) in [5, 5.41) is 0. The van der Waals surface area contributed by atoms with Crippen molar-refractivity contribution in [3.63, 3.8) is 0 Å². The first kappa shape index (κ1) is 12.7. The first-order chi connectivity index (χ1) is 7.32. The maximum absolute atomic E-state index is 12.3. The third kappa shape index (κ3) is 3.35. The first-order valence-electron chi connectivity index (χ1n) is 3.79. The van der Waals surface area contributed by atoms with Crippen molar-refractivity contribution >= 4 is 17.4 Å². The zero-order chi connectivity index (χ0) is 12.3. The summed E-state index contributed by atoms with van der Waals surface area (Å²) in [6.45, 7) is 0. The zero-order valence-corrected chi connectivity index (χ0v) is 8.34. The summed E-state index contributed by atoms with van der Waals surface area (Å²) in [5.41, 5.74) is -1.85. The summed E-state index contributed by atoms with van der Waals surface area (Å²) in [6.07, 6.45) is -4.66. The molecule has 0 aliphatic rings. The molecule has 1 atom stereocenters. The Hall–Kier alpha value is -1.35. The van der Waals surface area contributed by atoms with E-state index in [1.807, 2.05) is 0 Å². The minimum atomic E-state index is -4.75. The molecule has 0 aliphatic heterocycles. The van der Waals surface area contributed by atoms with Gasteiger partial charge in [-0.2, -0.15) is 13.2 Å². The molecule has 0 N–H and O–H groups in total. The van der Waals surface area contributed by atoms with Gasteiger partial charge >= 0.3 is 6.18 Å². The second kappa shape index (κ2) is 4.66. The predicted molar refractivity (Wildman–Crippen MR) is 45.0 cm³/mol. The number of nitrogens with zero attached hydrogens (tertiary/aromatic N) is 2. The van der Waals surface area contributed by atoms with E-state index in [2.05, 4.69) is 9.97 Å². The molecule has 0 fully saturated rings. The number of aromatic nitrogens is 2. The average Bonchev–Trinajstić information content (AvgIpc) is 2.14. The van der Waals surface area contributed by atoms with Gasteiger partial charge in [-0.05, 0) is 17.1 Å². The van der Waals surface area contributed by atoms with Crippen molar-refractivity contribution in [2.45, 2.75) is 11.9 Å². The van der Waals surface area contributed by atoms with Crippen LogP contribution >= 0.6 is 0 Å². The lowest BCUT2D eigenvalue weighted by atomic mass is 10.3. The van der Waals surface area contributed by atoms with Crippen LogP contribution in [0.1, 0.15) is 22.0 Å². The number of hydrogen-bond donors (Lipinski definition) is 0. The minimum Gasteiger partial charge on any atom is -0.772 e. The fourth-order valence-corrected chi connectivity index (χ4v) is 1.23. The quantitative estimate of drug-likeness (QED) is 0.584. The van der Waals surface area contributed by atoms with E-state index in [1.165, 1.54) is 0 Å². The highest BCUT2D eigenvalue weighted by Gasteiger charge is 2.33. The first-order valence-corrected chi connectivity index (χ1v) is 5.03. The molecule has 0 saturated carbocycles. The number of aldehydes is 1. The van der Waals surface area contributed by atoms with Crippen molar-refractivity contribution in [3.8, 4) is 0 Å². The Balaban J connectivity index is 3.21. The second-order valence-corrected chi connectivity index (χ2v) is 3.55. The van der Waals surface area contributed by atoms with Crippen LogP contribution in [0.25, 0.3) is 0 Å². The zero-order valence-electron chi connectivity index (χ0n) is 7.52. The normalized spacial score (nSPS) is 13.5. The summed E-state index contributed by atoms with van der Waals surface area (Å²) < 4.78 is 57.3. The number of halogens is 3. The Morgan fingerprint density at radius 3 is 2.50 bits per heavy atom. The highest BCUT2D eigenvalue weighted by molar-refractivity contribution is 7.78. The molecule has 0 amide bonds. The fourth-order valence-electron chi connectivity index (χ4n) is 0.893. The van der Waals surface area contributed by atoms with Gasteiger partial charge in [0.05, 0.1) is 5.75 Å². The standard InChI is InChI=1S/C7H5F3N2O3S/c8-7(9,10)5-1-4(2-13)11-6(12-5)3-16(14)15/h1-2H,3H2,(H,14,15)/p-1. The van der Waals surface area contributed by atoms with Gasteiger partial charge in [0.15, 0.2) is 6.29 Å². The molecule has 16 heavy (non-hydrogen) atoms. The molecule has 0 radical (unpaired) electrons. The maximum atomic E-state index is 12.3. The van der Waals surface area contributed by atoms with Gasteiger partial charge in [-0.3, -0.25) is 9.00 Å². The lowest BCUT2D eigenvalue weighted by Crippen LogP contribution is -2.13. The number of hydrogen-bond acceptors (Lipinski definition) is 5. The Morgan fingerprint density at radius 2 is 2.06 bits per heavy atom. The summed E-state index contributed by atoms with van der Waals surface area (Å²) in [4.78, 5) is 16.7. The van der Waals surface area contributed by atoms with Crippen LogP contribution in [0.2, 0.25) is 0 Å². The van der Waals surface area contributed by atoms with E-state index in [4.69, 9.17) is 0 Å². The van der Waals surface area contributed by atoms with Gasteiger partial charge in [-0.25, -0.2) is 9.97 Å². The van der Waals surface area contributed by atoms with Crippen LogP contribution in [0.4, 0.5) is 13.2 Å². The predicted octanol–water partition coefficient (Wildman–Crippen LogP) is 0.687. The monoisotopic (exact) mass is 253 g/mol. The molecule has 1 unspecified atom stereocenters. The van der Waals surface area contributed by atoms with E-state index in [-0.39, 0.29) is 6.29 Å². The van der Waals surface area contributed by atoms with Crippen LogP contribution in [0, 0.1) is 0 Å².